The minimum absolute atomic E-state index is 0.143. The van der Waals surface area contributed by atoms with Gasteiger partial charge >= 0.3 is 0 Å². The molecule has 1 heterocycles. The second-order valence-electron chi connectivity index (χ2n) is 7.61. The number of amides is 2. The molecule has 0 unspecified atom stereocenters. The van der Waals surface area contributed by atoms with Gasteiger partial charge < -0.3 is 10.1 Å². The monoisotopic (exact) mass is 430 g/mol. The molecule has 0 spiro atoms. The van der Waals surface area contributed by atoms with Gasteiger partial charge in [0.25, 0.3) is 11.8 Å². The van der Waals surface area contributed by atoms with Crippen molar-refractivity contribution in [3.8, 4) is 5.75 Å². The maximum absolute atomic E-state index is 14.3. The van der Waals surface area contributed by atoms with Crippen molar-refractivity contribution >= 4 is 23.1 Å². The Hall–Kier alpha value is -3.93. The van der Waals surface area contributed by atoms with E-state index in [1.165, 1.54) is 13.2 Å². The highest BCUT2D eigenvalue weighted by Gasteiger charge is 2.40. The van der Waals surface area contributed by atoms with E-state index in [0.717, 1.165) is 21.7 Å². The molecule has 5 nitrogen and oxygen atoms in total. The lowest BCUT2D eigenvalue weighted by atomic mass is 10.0. The number of benzene rings is 3. The highest BCUT2D eigenvalue weighted by molar-refractivity contribution is 6.37. The van der Waals surface area contributed by atoms with E-state index in [9.17, 15) is 14.0 Å². The summed E-state index contributed by atoms with van der Waals surface area (Å²) >= 11 is 0. The van der Waals surface area contributed by atoms with Crippen molar-refractivity contribution in [1.29, 1.82) is 0 Å². The van der Waals surface area contributed by atoms with Crippen LogP contribution in [0.5, 0.6) is 5.75 Å². The first-order valence-electron chi connectivity index (χ1n) is 10.2. The minimum atomic E-state index is -0.514. The van der Waals surface area contributed by atoms with E-state index in [1.807, 2.05) is 32.0 Å². The molecule has 0 saturated carbocycles. The van der Waals surface area contributed by atoms with Gasteiger partial charge in [-0.05, 0) is 43.2 Å². The number of halogens is 1. The summed E-state index contributed by atoms with van der Waals surface area (Å²) in [6.07, 6.45) is 0. The lowest BCUT2D eigenvalue weighted by Gasteiger charge is -2.16. The summed E-state index contributed by atoms with van der Waals surface area (Å²) in [5.41, 5.74) is 3.84. The van der Waals surface area contributed by atoms with Crippen molar-refractivity contribution in [2.45, 2.75) is 20.4 Å². The topological polar surface area (TPSA) is 58.6 Å². The van der Waals surface area contributed by atoms with E-state index in [1.54, 1.807) is 42.5 Å². The van der Waals surface area contributed by atoms with Crippen LogP contribution in [-0.4, -0.2) is 23.8 Å². The number of anilines is 1. The molecule has 0 atom stereocenters. The number of nitrogens with one attached hydrogen (secondary N) is 1. The standard InChI is InChI=1S/C26H23FN2O3/c1-16-9-8-13-21(17(16)2)28-24-23(19-11-5-7-14-22(19)32-3)25(30)29(26(24)31)15-18-10-4-6-12-20(18)27/h4-14,28H,15H2,1-3H3. The van der Waals surface area contributed by atoms with E-state index in [0.29, 0.717) is 11.3 Å². The zero-order valence-electron chi connectivity index (χ0n) is 18.1. The Bertz CT molecular complexity index is 1250. The van der Waals surface area contributed by atoms with Crippen LogP contribution in [0, 0.1) is 19.7 Å². The van der Waals surface area contributed by atoms with E-state index in [2.05, 4.69) is 5.32 Å². The second-order valence-corrected chi connectivity index (χ2v) is 7.61. The van der Waals surface area contributed by atoms with Crippen molar-refractivity contribution < 1.29 is 18.7 Å². The van der Waals surface area contributed by atoms with Crippen molar-refractivity contribution in [2.24, 2.45) is 0 Å². The molecule has 0 radical (unpaired) electrons. The van der Waals surface area contributed by atoms with E-state index in [4.69, 9.17) is 4.74 Å². The van der Waals surface area contributed by atoms with Gasteiger partial charge in [0.2, 0.25) is 0 Å². The van der Waals surface area contributed by atoms with E-state index >= 15 is 0 Å². The molecular formula is C26H23FN2O3. The third kappa shape index (κ3) is 3.75. The molecule has 1 N–H and O–H groups in total. The Morgan fingerprint density at radius 3 is 2.38 bits per heavy atom. The van der Waals surface area contributed by atoms with Gasteiger partial charge in [-0.25, -0.2) is 4.39 Å². The summed E-state index contributed by atoms with van der Waals surface area (Å²) in [6, 6.07) is 18.9. The Morgan fingerprint density at radius 1 is 0.906 bits per heavy atom. The van der Waals surface area contributed by atoms with Crippen LogP contribution < -0.4 is 10.1 Å². The van der Waals surface area contributed by atoms with Crippen molar-refractivity contribution in [3.63, 3.8) is 0 Å². The minimum Gasteiger partial charge on any atom is -0.496 e. The number of nitrogens with zero attached hydrogens (tertiary/aromatic N) is 1. The Labute approximate surface area is 186 Å². The SMILES string of the molecule is COc1ccccc1C1=C(Nc2cccc(C)c2C)C(=O)N(Cc2ccccc2F)C1=O. The molecule has 6 heteroatoms. The van der Waals surface area contributed by atoms with Gasteiger partial charge in [0.05, 0.1) is 19.2 Å². The van der Waals surface area contributed by atoms with Crippen molar-refractivity contribution in [1.82, 2.24) is 4.90 Å². The van der Waals surface area contributed by atoms with E-state index in [-0.39, 0.29) is 23.4 Å². The summed E-state index contributed by atoms with van der Waals surface area (Å²) < 4.78 is 19.7. The number of methoxy groups -OCH3 is 1. The molecule has 0 aromatic heterocycles. The second kappa shape index (κ2) is 8.67. The molecule has 2 amide bonds. The molecule has 32 heavy (non-hydrogen) atoms. The molecule has 1 aliphatic rings. The van der Waals surface area contributed by atoms with Gasteiger partial charge in [-0.2, -0.15) is 0 Å². The molecular weight excluding hydrogens is 407 g/mol. The lowest BCUT2D eigenvalue weighted by molar-refractivity contribution is -0.137. The molecule has 0 bridgehead atoms. The number of hydrogen-bond acceptors (Lipinski definition) is 4. The van der Waals surface area contributed by atoms with Crippen LogP contribution in [0.25, 0.3) is 5.57 Å². The largest absolute Gasteiger partial charge is 0.496 e. The van der Waals surface area contributed by atoms with Crippen LogP contribution >= 0.6 is 0 Å². The number of hydrogen-bond donors (Lipinski definition) is 1. The van der Waals surface area contributed by atoms with Crippen LogP contribution in [0.1, 0.15) is 22.3 Å². The van der Waals surface area contributed by atoms with Crippen LogP contribution in [0.2, 0.25) is 0 Å². The molecule has 0 aliphatic carbocycles. The number of carbonyl (C=O) groups excluding carboxylic acids is 2. The van der Waals surface area contributed by atoms with Gasteiger partial charge in [-0.3, -0.25) is 14.5 Å². The molecule has 4 rings (SSSR count). The average molecular weight is 430 g/mol. The number of aryl methyl sites for hydroxylation is 1. The van der Waals surface area contributed by atoms with Gasteiger partial charge in [0.15, 0.2) is 0 Å². The van der Waals surface area contributed by atoms with Crippen molar-refractivity contribution in [3.05, 3.63) is 100 Å². The number of rotatable bonds is 6. The Morgan fingerprint density at radius 2 is 1.62 bits per heavy atom. The fourth-order valence-electron chi connectivity index (χ4n) is 3.75. The number of para-hydroxylation sites is 1. The third-order valence-electron chi connectivity index (χ3n) is 5.69. The zero-order valence-corrected chi connectivity index (χ0v) is 18.1. The molecule has 162 valence electrons. The predicted octanol–water partition coefficient (Wildman–Crippen LogP) is 4.84. The summed E-state index contributed by atoms with van der Waals surface area (Å²) in [5, 5.41) is 3.18. The summed E-state index contributed by atoms with van der Waals surface area (Å²) in [7, 11) is 1.51. The van der Waals surface area contributed by atoms with Gasteiger partial charge in [0.1, 0.15) is 17.3 Å². The Kier molecular flexibility index (Phi) is 5.77. The van der Waals surface area contributed by atoms with E-state index < -0.39 is 17.6 Å². The quantitative estimate of drug-likeness (QED) is 0.569. The maximum atomic E-state index is 14.3. The maximum Gasteiger partial charge on any atom is 0.278 e. The highest BCUT2D eigenvalue weighted by atomic mass is 19.1. The van der Waals surface area contributed by atoms with Crippen LogP contribution in [0.15, 0.2) is 72.4 Å². The molecule has 0 fully saturated rings. The fourth-order valence-corrected chi connectivity index (χ4v) is 3.75. The lowest BCUT2D eigenvalue weighted by Crippen LogP contribution is -2.32. The smallest absolute Gasteiger partial charge is 0.278 e. The zero-order chi connectivity index (χ0) is 22.8. The molecule has 1 aliphatic heterocycles. The average Bonchev–Trinajstić information content (AvgIpc) is 3.02. The summed E-state index contributed by atoms with van der Waals surface area (Å²) in [6.45, 7) is 3.75. The first-order chi connectivity index (χ1) is 15.4. The number of imide groups is 1. The fraction of sp³-hybridized carbons (Fsp3) is 0.154. The summed E-state index contributed by atoms with van der Waals surface area (Å²) in [5.74, 6) is -1.02. The molecule has 3 aromatic rings. The third-order valence-corrected chi connectivity index (χ3v) is 5.69. The molecule has 3 aromatic carbocycles. The first kappa shape index (κ1) is 21.3. The predicted molar refractivity (Wildman–Crippen MR) is 121 cm³/mol. The number of carbonyl (C=O) groups is 2. The molecule has 0 saturated heterocycles. The van der Waals surface area contributed by atoms with Gasteiger partial charge in [0, 0.05) is 16.8 Å². The van der Waals surface area contributed by atoms with Gasteiger partial charge in [-0.15, -0.1) is 0 Å². The normalized spacial score (nSPS) is 13.7. The van der Waals surface area contributed by atoms with Gasteiger partial charge in [-0.1, -0.05) is 48.5 Å². The Balaban J connectivity index is 1.82. The van der Waals surface area contributed by atoms with Crippen LogP contribution in [0.4, 0.5) is 10.1 Å². The highest BCUT2D eigenvalue weighted by Crippen LogP contribution is 2.36. The van der Waals surface area contributed by atoms with Crippen LogP contribution in [0.3, 0.4) is 0 Å². The van der Waals surface area contributed by atoms with Crippen LogP contribution in [-0.2, 0) is 16.1 Å². The van der Waals surface area contributed by atoms with Crippen molar-refractivity contribution in [2.75, 3.05) is 12.4 Å². The summed E-state index contributed by atoms with van der Waals surface area (Å²) in [4.78, 5) is 28.0. The number of ether oxygens (including phenoxy) is 1. The first-order valence-corrected chi connectivity index (χ1v) is 10.2.